The Morgan fingerprint density at radius 3 is 2.48 bits per heavy atom. The summed E-state index contributed by atoms with van der Waals surface area (Å²) in [5.74, 6) is 1.60. The summed E-state index contributed by atoms with van der Waals surface area (Å²) in [5.41, 5.74) is 9.05. The highest BCUT2D eigenvalue weighted by molar-refractivity contribution is 5.80. The van der Waals surface area contributed by atoms with Gasteiger partial charge in [0, 0.05) is 25.4 Å². The number of hydrogen-bond acceptors (Lipinski definition) is 2. The molecule has 1 aliphatic rings. The maximum absolute atomic E-state index is 11.9. The third kappa shape index (κ3) is 4.07. The first-order valence-corrected chi connectivity index (χ1v) is 10.7. The van der Waals surface area contributed by atoms with Crippen LogP contribution in [0.25, 0.3) is 11.0 Å². The molecular formula is C25H31N3O. The van der Waals surface area contributed by atoms with E-state index in [4.69, 9.17) is 4.98 Å². The molecule has 3 aromatic rings. The van der Waals surface area contributed by atoms with Crippen molar-refractivity contribution in [3.8, 4) is 0 Å². The number of fused-ring (bicyclic) bond motifs is 1. The molecule has 0 aliphatic heterocycles. The van der Waals surface area contributed by atoms with Crippen molar-refractivity contribution in [2.45, 2.75) is 59.9 Å². The molecule has 0 bridgehead atoms. The molecule has 4 heteroatoms. The fourth-order valence-electron chi connectivity index (χ4n) is 4.13. The van der Waals surface area contributed by atoms with Crippen LogP contribution in [0.15, 0.2) is 30.3 Å². The summed E-state index contributed by atoms with van der Waals surface area (Å²) in [6.45, 7) is 10.4. The average molecular weight is 390 g/mol. The minimum Gasteiger partial charge on any atom is -0.356 e. The standard InChI is InChI=1S/C25H31N3O/c1-16-14-17(2)19(4)21(18(16)3)15-28-23-9-6-5-8-22(23)27-24(28)10-7-13-26-25(29)20-11-12-20/h5-6,8-9,14,20H,7,10-13,15H2,1-4H3,(H,26,29). The molecule has 1 heterocycles. The van der Waals surface area contributed by atoms with Crippen LogP contribution in [0.2, 0.25) is 0 Å². The van der Waals surface area contributed by atoms with E-state index in [-0.39, 0.29) is 11.8 Å². The lowest BCUT2D eigenvalue weighted by molar-refractivity contribution is -0.122. The Balaban J connectivity index is 1.59. The van der Waals surface area contributed by atoms with Gasteiger partial charge in [-0.1, -0.05) is 18.2 Å². The van der Waals surface area contributed by atoms with Crippen LogP contribution in [0, 0.1) is 33.6 Å². The molecule has 4 rings (SSSR count). The Hall–Kier alpha value is -2.62. The van der Waals surface area contributed by atoms with E-state index in [1.54, 1.807) is 0 Å². The molecule has 29 heavy (non-hydrogen) atoms. The molecule has 152 valence electrons. The van der Waals surface area contributed by atoms with Crippen molar-refractivity contribution in [1.82, 2.24) is 14.9 Å². The van der Waals surface area contributed by atoms with Crippen LogP contribution in [0.5, 0.6) is 0 Å². The molecule has 1 aliphatic carbocycles. The number of carbonyl (C=O) groups excluding carboxylic acids is 1. The normalized spacial score (nSPS) is 13.8. The van der Waals surface area contributed by atoms with Crippen LogP contribution in [0.1, 0.15) is 52.9 Å². The summed E-state index contributed by atoms with van der Waals surface area (Å²) in [6, 6.07) is 10.7. The Bertz CT molecular complexity index is 1030. The van der Waals surface area contributed by atoms with Gasteiger partial charge in [0.15, 0.2) is 0 Å². The van der Waals surface area contributed by atoms with E-state index in [0.29, 0.717) is 0 Å². The number of aromatic nitrogens is 2. The first-order valence-electron chi connectivity index (χ1n) is 10.7. The molecule has 0 radical (unpaired) electrons. The van der Waals surface area contributed by atoms with Gasteiger partial charge in [0.1, 0.15) is 5.82 Å². The van der Waals surface area contributed by atoms with E-state index in [0.717, 1.165) is 50.1 Å². The molecule has 0 atom stereocenters. The van der Waals surface area contributed by atoms with Gasteiger partial charge in [-0.3, -0.25) is 4.79 Å². The maximum Gasteiger partial charge on any atom is 0.223 e. The molecule has 1 saturated carbocycles. The van der Waals surface area contributed by atoms with Gasteiger partial charge in [0.25, 0.3) is 0 Å². The van der Waals surface area contributed by atoms with Crippen molar-refractivity contribution in [2.75, 3.05) is 6.54 Å². The molecule has 1 amide bonds. The summed E-state index contributed by atoms with van der Waals surface area (Å²) in [5, 5.41) is 3.07. The van der Waals surface area contributed by atoms with E-state index in [2.05, 4.69) is 61.8 Å². The second-order valence-electron chi connectivity index (χ2n) is 8.51. The van der Waals surface area contributed by atoms with Crippen LogP contribution in [-0.4, -0.2) is 22.0 Å². The molecular weight excluding hydrogens is 358 g/mol. The van der Waals surface area contributed by atoms with Crippen molar-refractivity contribution in [1.29, 1.82) is 0 Å². The monoisotopic (exact) mass is 389 g/mol. The minimum atomic E-state index is 0.222. The molecule has 4 nitrogen and oxygen atoms in total. The van der Waals surface area contributed by atoms with Crippen molar-refractivity contribution in [2.24, 2.45) is 5.92 Å². The van der Waals surface area contributed by atoms with Crippen molar-refractivity contribution in [3.05, 3.63) is 64.0 Å². The van der Waals surface area contributed by atoms with Gasteiger partial charge in [-0.15, -0.1) is 0 Å². The third-order valence-corrected chi connectivity index (χ3v) is 6.40. The number of nitrogens with one attached hydrogen (secondary N) is 1. The number of aryl methyl sites for hydroxylation is 3. The SMILES string of the molecule is Cc1cc(C)c(C)c(Cn2c(CCCNC(=O)C3CC3)nc3ccccc32)c1C. The van der Waals surface area contributed by atoms with Crippen LogP contribution in [0.4, 0.5) is 0 Å². The van der Waals surface area contributed by atoms with Gasteiger partial charge >= 0.3 is 0 Å². The van der Waals surface area contributed by atoms with Crippen LogP contribution in [-0.2, 0) is 17.8 Å². The Morgan fingerprint density at radius 1 is 1.10 bits per heavy atom. The quantitative estimate of drug-likeness (QED) is 0.591. The smallest absolute Gasteiger partial charge is 0.223 e. The topological polar surface area (TPSA) is 46.9 Å². The maximum atomic E-state index is 11.9. The predicted octanol–water partition coefficient (Wildman–Crippen LogP) is 4.78. The highest BCUT2D eigenvalue weighted by Gasteiger charge is 2.29. The zero-order valence-corrected chi connectivity index (χ0v) is 18.0. The summed E-state index contributed by atoms with van der Waals surface area (Å²) in [7, 11) is 0. The summed E-state index contributed by atoms with van der Waals surface area (Å²) < 4.78 is 2.37. The number of amides is 1. The molecule has 0 saturated heterocycles. The van der Waals surface area contributed by atoms with Crippen LogP contribution >= 0.6 is 0 Å². The average Bonchev–Trinajstić information content (AvgIpc) is 3.50. The lowest BCUT2D eigenvalue weighted by Crippen LogP contribution is -2.26. The van der Waals surface area contributed by atoms with E-state index >= 15 is 0 Å². The Kier molecular flexibility index (Phi) is 5.44. The van der Waals surface area contributed by atoms with Gasteiger partial charge in [-0.25, -0.2) is 4.98 Å². The zero-order valence-electron chi connectivity index (χ0n) is 18.0. The summed E-state index contributed by atoms with van der Waals surface area (Å²) in [6.07, 6.45) is 3.88. The van der Waals surface area contributed by atoms with E-state index in [1.165, 1.54) is 33.3 Å². The molecule has 0 unspecified atom stereocenters. The first-order chi connectivity index (χ1) is 14.0. The fourth-order valence-corrected chi connectivity index (χ4v) is 4.13. The fraction of sp³-hybridized carbons (Fsp3) is 0.440. The summed E-state index contributed by atoms with van der Waals surface area (Å²) >= 11 is 0. The van der Waals surface area contributed by atoms with Crippen molar-refractivity contribution < 1.29 is 4.79 Å². The molecule has 1 aromatic heterocycles. The number of hydrogen-bond donors (Lipinski definition) is 1. The highest BCUT2D eigenvalue weighted by atomic mass is 16.2. The van der Waals surface area contributed by atoms with E-state index in [1.807, 2.05) is 6.07 Å². The zero-order chi connectivity index (χ0) is 20.5. The lowest BCUT2D eigenvalue weighted by Gasteiger charge is -2.18. The number of para-hydroxylation sites is 2. The van der Waals surface area contributed by atoms with Crippen LogP contribution in [0.3, 0.4) is 0 Å². The number of rotatable bonds is 7. The first kappa shape index (κ1) is 19.7. The third-order valence-electron chi connectivity index (χ3n) is 6.40. The van der Waals surface area contributed by atoms with Crippen molar-refractivity contribution in [3.63, 3.8) is 0 Å². The van der Waals surface area contributed by atoms with Crippen LogP contribution < -0.4 is 5.32 Å². The number of imidazole rings is 1. The summed E-state index contributed by atoms with van der Waals surface area (Å²) in [4.78, 5) is 16.8. The minimum absolute atomic E-state index is 0.222. The largest absolute Gasteiger partial charge is 0.356 e. The highest BCUT2D eigenvalue weighted by Crippen LogP contribution is 2.29. The van der Waals surface area contributed by atoms with Gasteiger partial charge in [0.05, 0.1) is 11.0 Å². The van der Waals surface area contributed by atoms with E-state index in [9.17, 15) is 4.79 Å². The Labute approximate surface area is 173 Å². The van der Waals surface area contributed by atoms with Gasteiger partial charge in [-0.05, 0) is 86.9 Å². The second kappa shape index (κ2) is 8.02. The second-order valence-corrected chi connectivity index (χ2v) is 8.51. The van der Waals surface area contributed by atoms with Gasteiger partial charge in [-0.2, -0.15) is 0 Å². The van der Waals surface area contributed by atoms with E-state index < -0.39 is 0 Å². The molecule has 1 fully saturated rings. The van der Waals surface area contributed by atoms with Gasteiger partial charge in [0.2, 0.25) is 5.91 Å². The molecule has 1 N–H and O–H groups in total. The number of carbonyl (C=O) groups is 1. The lowest BCUT2D eigenvalue weighted by atomic mass is 9.94. The molecule has 2 aromatic carbocycles. The predicted molar refractivity (Wildman–Crippen MR) is 118 cm³/mol. The van der Waals surface area contributed by atoms with Gasteiger partial charge < -0.3 is 9.88 Å². The number of nitrogens with zero attached hydrogens (tertiary/aromatic N) is 2. The Morgan fingerprint density at radius 2 is 1.79 bits per heavy atom. The number of benzene rings is 2. The van der Waals surface area contributed by atoms with Crippen molar-refractivity contribution >= 4 is 16.9 Å². The molecule has 0 spiro atoms.